The molecule has 134 valence electrons. The zero-order valence-electron chi connectivity index (χ0n) is 13.8. The van der Waals surface area contributed by atoms with Crippen LogP contribution in [0, 0.1) is 0 Å². The summed E-state index contributed by atoms with van der Waals surface area (Å²) in [5.41, 5.74) is 12.1. The monoisotopic (exact) mass is 365 g/mol. The molecule has 5 N–H and O–H groups in total. The van der Waals surface area contributed by atoms with Gasteiger partial charge in [-0.15, -0.1) is 0 Å². The molecular weight excluding hydrogens is 346 g/mol. The Morgan fingerprint density at radius 3 is 2.16 bits per heavy atom. The van der Waals surface area contributed by atoms with Crippen molar-refractivity contribution in [2.24, 2.45) is 5.73 Å². The van der Waals surface area contributed by atoms with E-state index in [1.54, 1.807) is 12.1 Å². The maximum Gasteiger partial charge on any atom is 0.267 e. The van der Waals surface area contributed by atoms with Crippen molar-refractivity contribution in [1.82, 2.24) is 4.72 Å². The van der Waals surface area contributed by atoms with Gasteiger partial charge in [0.15, 0.2) is 11.5 Å². The van der Waals surface area contributed by atoms with Gasteiger partial charge >= 0.3 is 0 Å². The van der Waals surface area contributed by atoms with E-state index in [-0.39, 0.29) is 28.4 Å². The Labute approximate surface area is 145 Å². The van der Waals surface area contributed by atoms with Gasteiger partial charge in [-0.3, -0.25) is 4.79 Å². The minimum Gasteiger partial charge on any atom is -0.493 e. The summed E-state index contributed by atoms with van der Waals surface area (Å²) in [5.74, 6) is -0.287. The van der Waals surface area contributed by atoms with Crippen LogP contribution in [-0.2, 0) is 16.6 Å². The average molecular weight is 365 g/mol. The lowest BCUT2D eigenvalue weighted by atomic mass is 10.1. The molecule has 0 radical (unpaired) electrons. The molecule has 25 heavy (non-hydrogen) atoms. The Bertz CT molecular complexity index is 879. The highest BCUT2D eigenvalue weighted by Crippen LogP contribution is 2.32. The highest BCUT2D eigenvalue weighted by atomic mass is 32.2. The summed E-state index contributed by atoms with van der Waals surface area (Å²) < 4.78 is 36.8. The molecule has 0 aliphatic carbocycles. The van der Waals surface area contributed by atoms with Crippen LogP contribution >= 0.6 is 0 Å². The van der Waals surface area contributed by atoms with E-state index < -0.39 is 15.9 Å². The largest absolute Gasteiger partial charge is 0.493 e. The third kappa shape index (κ3) is 4.01. The molecule has 9 heteroatoms. The van der Waals surface area contributed by atoms with Crippen molar-refractivity contribution in [2.45, 2.75) is 11.4 Å². The van der Waals surface area contributed by atoms with Gasteiger partial charge in [0.25, 0.3) is 15.9 Å². The van der Waals surface area contributed by atoms with Crippen LogP contribution in [0.1, 0.15) is 15.9 Å². The Hall–Kier alpha value is -2.78. The van der Waals surface area contributed by atoms with E-state index in [9.17, 15) is 13.2 Å². The van der Waals surface area contributed by atoms with E-state index >= 15 is 0 Å². The molecule has 1 amide bonds. The standard InChI is InChI=1S/C16H19N3O5S/c1-23-14-7-12(13(18)8-15(14)24-2)16(20)19-25(21,22)11-5-3-10(9-17)4-6-11/h3-8H,9,17-18H2,1-2H3,(H,19,20). The maximum absolute atomic E-state index is 12.4. The number of ether oxygens (including phenoxy) is 2. The number of sulfonamides is 1. The second kappa shape index (κ2) is 7.41. The van der Waals surface area contributed by atoms with Gasteiger partial charge < -0.3 is 20.9 Å². The molecule has 8 nitrogen and oxygen atoms in total. The van der Waals surface area contributed by atoms with Gasteiger partial charge in [-0.1, -0.05) is 12.1 Å². The average Bonchev–Trinajstić information content (AvgIpc) is 2.60. The lowest BCUT2D eigenvalue weighted by Gasteiger charge is -2.13. The predicted molar refractivity (Wildman–Crippen MR) is 92.9 cm³/mol. The summed E-state index contributed by atoms with van der Waals surface area (Å²) in [5, 5.41) is 0. The molecule has 0 aliphatic heterocycles. The molecule has 0 saturated heterocycles. The summed E-state index contributed by atoms with van der Waals surface area (Å²) in [6, 6.07) is 8.59. The van der Waals surface area contributed by atoms with E-state index in [0.29, 0.717) is 5.75 Å². The normalized spacial score (nSPS) is 11.0. The summed E-state index contributed by atoms with van der Waals surface area (Å²) in [6.07, 6.45) is 0. The number of nitrogens with one attached hydrogen (secondary N) is 1. The van der Waals surface area contributed by atoms with E-state index in [2.05, 4.69) is 0 Å². The van der Waals surface area contributed by atoms with Crippen molar-refractivity contribution < 1.29 is 22.7 Å². The van der Waals surface area contributed by atoms with Crippen LogP contribution in [0.2, 0.25) is 0 Å². The van der Waals surface area contributed by atoms with Gasteiger partial charge in [0.1, 0.15) is 0 Å². The van der Waals surface area contributed by atoms with Gasteiger partial charge in [0.05, 0.1) is 24.7 Å². The maximum atomic E-state index is 12.4. The van der Waals surface area contributed by atoms with Crippen LogP contribution < -0.4 is 25.7 Å². The van der Waals surface area contributed by atoms with E-state index in [4.69, 9.17) is 20.9 Å². The van der Waals surface area contributed by atoms with Gasteiger partial charge in [-0.05, 0) is 23.8 Å². The van der Waals surface area contributed by atoms with E-state index in [1.807, 2.05) is 4.72 Å². The number of methoxy groups -OCH3 is 2. The number of anilines is 1. The molecule has 0 bridgehead atoms. The Kier molecular flexibility index (Phi) is 5.50. The predicted octanol–water partition coefficient (Wildman–Crippen LogP) is 0.863. The highest BCUT2D eigenvalue weighted by molar-refractivity contribution is 7.90. The molecule has 2 aromatic rings. The fourth-order valence-corrected chi connectivity index (χ4v) is 3.10. The first-order valence-electron chi connectivity index (χ1n) is 7.20. The molecule has 0 spiro atoms. The molecule has 0 saturated carbocycles. The number of hydrogen-bond acceptors (Lipinski definition) is 7. The number of nitrogens with two attached hydrogens (primary N) is 2. The number of carbonyl (C=O) groups excluding carboxylic acids is 1. The number of hydrogen-bond donors (Lipinski definition) is 3. The van der Waals surface area contributed by atoms with E-state index in [1.165, 1.54) is 38.5 Å². The van der Waals surface area contributed by atoms with E-state index in [0.717, 1.165) is 5.56 Å². The third-order valence-electron chi connectivity index (χ3n) is 3.50. The molecular formula is C16H19N3O5S. The molecule has 0 aromatic heterocycles. The van der Waals surface area contributed by atoms with Gasteiger partial charge in [0.2, 0.25) is 0 Å². The summed E-state index contributed by atoms with van der Waals surface area (Å²) >= 11 is 0. The van der Waals surface area contributed by atoms with Crippen LogP contribution in [0.15, 0.2) is 41.3 Å². The quantitative estimate of drug-likeness (QED) is 0.646. The smallest absolute Gasteiger partial charge is 0.267 e. The first kappa shape index (κ1) is 18.6. The van der Waals surface area contributed by atoms with Crippen molar-refractivity contribution in [3.63, 3.8) is 0 Å². The fourth-order valence-electron chi connectivity index (χ4n) is 2.13. The molecule has 0 heterocycles. The van der Waals surface area contributed by atoms with Crippen LogP contribution in [0.4, 0.5) is 5.69 Å². The molecule has 0 fully saturated rings. The summed E-state index contributed by atoms with van der Waals surface area (Å²) in [6.45, 7) is 0.287. The molecule has 0 atom stereocenters. The second-order valence-electron chi connectivity index (χ2n) is 5.08. The summed E-state index contributed by atoms with van der Waals surface area (Å²) in [7, 11) is -1.24. The third-order valence-corrected chi connectivity index (χ3v) is 4.84. The van der Waals surface area contributed by atoms with Gasteiger partial charge in [0, 0.05) is 18.3 Å². The molecule has 2 aromatic carbocycles. The number of benzene rings is 2. The van der Waals surface area contributed by atoms with Crippen LogP contribution in [0.5, 0.6) is 11.5 Å². The lowest BCUT2D eigenvalue weighted by Crippen LogP contribution is -2.31. The minimum atomic E-state index is -4.05. The number of carbonyl (C=O) groups is 1. The van der Waals surface area contributed by atoms with Crippen molar-refractivity contribution in [2.75, 3.05) is 20.0 Å². The first-order chi connectivity index (χ1) is 11.8. The van der Waals surface area contributed by atoms with Gasteiger partial charge in [-0.25, -0.2) is 13.1 Å². The number of rotatable bonds is 6. The fraction of sp³-hybridized carbons (Fsp3) is 0.188. The highest BCUT2D eigenvalue weighted by Gasteiger charge is 2.22. The molecule has 2 rings (SSSR count). The van der Waals surface area contributed by atoms with Crippen molar-refractivity contribution in [3.05, 3.63) is 47.5 Å². The first-order valence-corrected chi connectivity index (χ1v) is 8.68. The Morgan fingerprint density at radius 1 is 1.08 bits per heavy atom. The van der Waals surface area contributed by atoms with Crippen molar-refractivity contribution in [1.29, 1.82) is 0 Å². The number of nitrogen functional groups attached to an aromatic ring is 1. The van der Waals surface area contributed by atoms with Crippen molar-refractivity contribution >= 4 is 21.6 Å². The van der Waals surface area contributed by atoms with Crippen LogP contribution in [0.25, 0.3) is 0 Å². The Balaban J connectivity index is 2.31. The lowest BCUT2D eigenvalue weighted by molar-refractivity contribution is 0.0982. The molecule has 0 aliphatic rings. The van der Waals surface area contributed by atoms with Crippen LogP contribution in [-0.4, -0.2) is 28.5 Å². The minimum absolute atomic E-state index is 0.0418. The molecule has 0 unspecified atom stereocenters. The second-order valence-corrected chi connectivity index (χ2v) is 6.76. The summed E-state index contributed by atoms with van der Waals surface area (Å²) in [4.78, 5) is 12.3. The van der Waals surface area contributed by atoms with Gasteiger partial charge in [-0.2, -0.15) is 0 Å². The number of amides is 1. The van der Waals surface area contributed by atoms with Crippen molar-refractivity contribution in [3.8, 4) is 11.5 Å². The zero-order chi connectivity index (χ0) is 18.6. The zero-order valence-corrected chi connectivity index (χ0v) is 14.6. The SMILES string of the molecule is COc1cc(N)c(C(=O)NS(=O)(=O)c2ccc(CN)cc2)cc1OC. The van der Waals surface area contributed by atoms with Crippen LogP contribution in [0.3, 0.4) is 0 Å². The topological polar surface area (TPSA) is 134 Å². The Morgan fingerprint density at radius 2 is 1.64 bits per heavy atom.